The minimum absolute atomic E-state index is 0.0273. The molecule has 0 aliphatic carbocycles. The van der Waals surface area contributed by atoms with E-state index >= 15 is 0 Å². The number of allylic oxidation sites excluding steroid dienone is 1. The number of hydrazone groups is 1. The molecular formula is C35H29BrN4O4. The molecule has 0 atom stereocenters. The molecule has 0 saturated carbocycles. The lowest BCUT2D eigenvalue weighted by Crippen LogP contribution is -2.17. The number of nitrogens with one attached hydrogen (secondary N) is 1. The Morgan fingerprint density at radius 1 is 1.02 bits per heavy atom. The summed E-state index contributed by atoms with van der Waals surface area (Å²) in [6.07, 6.45) is 3.88. The highest BCUT2D eigenvalue weighted by atomic mass is 79.9. The van der Waals surface area contributed by atoms with Gasteiger partial charge in [-0.2, -0.15) is 5.10 Å². The molecule has 1 amide bonds. The van der Waals surface area contributed by atoms with Crippen LogP contribution in [0.2, 0.25) is 0 Å². The molecule has 0 bridgehead atoms. The fourth-order valence-electron chi connectivity index (χ4n) is 4.79. The van der Waals surface area contributed by atoms with Gasteiger partial charge in [-0.3, -0.25) is 14.9 Å². The summed E-state index contributed by atoms with van der Waals surface area (Å²) < 4.78 is 8.92. The Bertz CT molecular complexity index is 1830. The lowest BCUT2D eigenvalue weighted by Gasteiger charge is -2.14. The Morgan fingerprint density at radius 2 is 1.75 bits per heavy atom. The zero-order chi connectivity index (χ0) is 31.1. The van der Waals surface area contributed by atoms with Crippen LogP contribution in [0.1, 0.15) is 32.7 Å². The van der Waals surface area contributed by atoms with Crippen LogP contribution in [0.15, 0.2) is 125 Å². The first kappa shape index (κ1) is 30.2. The Balaban J connectivity index is 1.25. The summed E-state index contributed by atoms with van der Waals surface area (Å²) in [5, 5.41) is 15.1. The zero-order valence-corrected chi connectivity index (χ0v) is 25.5. The number of amides is 1. The number of ether oxygens (including phenoxy) is 1. The van der Waals surface area contributed by atoms with Gasteiger partial charge in [0.1, 0.15) is 12.4 Å². The maximum Gasteiger partial charge on any atom is 0.271 e. The van der Waals surface area contributed by atoms with E-state index in [1.807, 2.05) is 42.5 Å². The van der Waals surface area contributed by atoms with Gasteiger partial charge in [0, 0.05) is 29.1 Å². The molecule has 0 aliphatic heterocycles. The molecule has 1 aromatic heterocycles. The van der Waals surface area contributed by atoms with Crippen molar-refractivity contribution in [3.05, 3.63) is 158 Å². The molecule has 220 valence electrons. The third-order valence-corrected chi connectivity index (χ3v) is 7.54. The lowest BCUT2D eigenvalue weighted by molar-refractivity contribution is -0.384. The number of aromatic nitrogens is 1. The number of nitrogens with zero attached hydrogens (tertiary/aromatic N) is 3. The first-order valence-corrected chi connectivity index (χ1v) is 14.6. The van der Waals surface area contributed by atoms with E-state index in [0.29, 0.717) is 22.2 Å². The number of carbonyl (C=O) groups excluding carboxylic acids is 1. The summed E-state index contributed by atoms with van der Waals surface area (Å²) in [5.41, 5.74) is 9.79. The van der Waals surface area contributed by atoms with Crippen LogP contribution >= 0.6 is 15.9 Å². The third-order valence-electron chi connectivity index (χ3n) is 6.95. The largest absolute Gasteiger partial charge is 0.487 e. The van der Waals surface area contributed by atoms with Gasteiger partial charge in [0.25, 0.3) is 11.6 Å². The predicted octanol–water partition coefficient (Wildman–Crippen LogP) is 8.19. The number of rotatable bonds is 11. The first-order valence-electron chi connectivity index (χ1n) is 13.8. The van der Waals surface area contributed by atoms with Crippen LogP contribution in [0.5, 0.6) is 5.75 Å². The Labute approximate surface area is 263 Å². The maximum atomic E-state index is 12.8. The van der Waals surface area contributed by atoms with E-state index in [0.717, 1.165) is 39.3 Å². The number of nitro benzene ring substituents is 1. The summed E-state index contributed by atoms with van der Waals surface area (Å²) in [5.74, 6) is 0.312. The van der Waals surface area contributed by atoms with Gasteiger partial charge in [0.2, 0.25) is 0 Å². The average molecular weight is 650 g/mol. The number of hydrogen-bond acceptors (Lipinski definition) is 5. The molecule has 0 fully saturated rings. The summed E-state index contributed by atoms with van der Waals surface area (Å²) in [4.78, 5) is 23.3. The topological polar surface area (TPSA) is 98.8 Å². The average Bonchev–Trinajstić information content (AvgIpc) is 3.42. The van der Waals surface area contributed by atoms with Crippen LogP contribution in [-0.2, 0) is 13.0 Å². The number of halogens is 1. The normalized spacial score (nSPS) is 11.0. The first-order chi connectivity index (χ1) is 21.3. The number of benzene rings is 4. The number of nitro groups is 1. The summed E-state index contributed by atoms with van der Waals surface area (Å²) in [7, 11) is 0. The molecule has 4 aromatic carbocycles. The van der Waals surface area contributed by atoms with Crippen molar-refractivity contribution in [1.29, 1.82) is 0 Å². The molecule has 5 rings (SSSR count). The number of non-ortho nitro benzene ring substituents is 1. The van der Waals surface area contributed by atoms with Crippen molar-refractivity contribution < 1.29 is 14.5 Å². The van der Waals surface area contributed by atoms with Crippen LogP contribution in [0.4, 0.5) is 5.69 Å². The second kappa shape index (κ2) is 13.8. The number of aryl methyl sites for hydroxylation is 1. The van der Waals surface area contributed by atoms with Crippen molar-refractivity contribution in [3.8, 4) is 22.7 Å². The molecule has 8 nitrogen and oxygen atoms in total. The van der Waals surface area contributed by atoms with Gasteiger partial charge < -0.3 is 9.30 Å². The molecular weight excluding hydrogens is 620 g/mol. The SMILES string of the molecule is C=CCc1cc(/C=N/NC(=O)c2ccc(-n3c(C)ccc3-c3ccccc3)cc2)cc(Br)c1OCc1ccc([N+](=O)[O-])cc1. The van der Waals surface area contributed by atoms with Crippen molar-refractivity contribution in [2.45, 2.75) is 20.0 Å². The molecule has 44 heavy (non-hydrogen) atoms. The zero-order valence-electron chi connectivity index (χ0n) is 23.9. The highest BCUT2D eigenvalue weighted by Gasteiger charge is 2.13. The second-order valence-corrected chi connectivity index (χ2v) is 10.9. The summed E-state index contributed by atoms with van der Waals surface area (Å²) >= 11 is 3.58. The Kier molecular flexibility index (Phi) is 9.46. The highest BCUT2D eigenvalue weighted by Crippen LogP contribution is 2.32. The van der Waals surface area contributed by atoms with Crippen LogP contribution < -0.4 is 10.2 Å². The fraction of sp³-hybridized carbons (Fsp3) is 0.0857. The third kappa shape index (κ3) is 7.02. The van der Waals surface area contributed by atoms with E-state index < -0.39 is 4.92 Å². The quantitative estimate of drug-likeness (QED) is 0.0675. The molecule has 5 aromatic rings. The van der Waals surface area contributed by atoms with Crippen molar-refractivity contribution in [3.63, 3.8) is 0 Å². The van der Waals surface area contributed by atoms with Crippen LogP contribution in [0.3, 0.4) is 0 Å². The van der Waals surface area contributed by atoms with Gasteiger partial charge in [0.05, 0.1) is 21.3 Å². The van der Waals surface area contributed by atoms with Gasteiger partial charge >= 0.3 is 0 Å². The van der Waals surface area contributed by atoms with E-state index in [2.05, 4.69) is 68.8 Å². The van der Waals surface area contributed by atoms with Gasteiger partial charge in [-0.05, 0) is 112 Å². The van der Waals surface area contributed by atoms with E-state index in [9.17, 15) is 14.9 Å². The minimum Gasteiger partial charge on any atom is -0.487 e. The predicted molar refractivity (Wildman–Crippen MR) is 176 cm³/mol. The van der Waals surface area contributed by atoms with E-state index in [-0.39, 0.29) is 18.2 Å². The van der Waals surface area contributed by atoms with Crippen molar-refractivity contribution >= 4 is 33.7 Å². The standard InChI is InChI=1S/C35H29BrN4O4/c1-3-7-29-20-26(21-32(36)34(29)44-23-25-11-15-31(16-12-25)40(42)43)22-37-38-35(41)28-13-17-30(18-14-28)39-24(2)10-19-33(39)27-8-5-4-6-9-27/h3-6,8-22H,1,7,23H2,2H3,(H,38,41)/b37-22+. The van der Waals surface area contributed by atoms with Gasteiger partial charge in [-0.25, -0.2) is 5.43 Å². The molecule has 1 heterocycles. The smallest absolute Gasteiger partial charge is 0.271 e. The lowest BCUT2D eigenvalue weighted by atomic mass is 10.1. The fourth-order valence-corrected chi connectivity index (χ4v) is 5.43. The number of carbonyl (C=O) groups is 1. The molecule has 0 radical (unpaired) electrons. The molecule has 0 saturated heterocycles. The Morgan fingerprint density at radius 3 is 2.43 bits per heavy atom. The molecule has 0 unspecified atom stereocenters. The number of hydrogen-bond donors (Lipinski definition) is 1. The van der Waals surface area contributed by atoms with E-state index in [4.69, 9.17) is 4.74 Å². The van der Waals surface area contributed by atoms with Crippen LogP contribution in [0.25, 0.3) is 16.9 Å². The molecule has 1 N–H and O–H groups in total. The molecule has 0 aliphatic rings. The van der Waals surface area contributed by atoms with Crippen LogP contribution in [-0.4, -0.2) is 21.6 Å². The maximum absolute atomic E-state index is 12.8. The van der Waals surface area contributed by atoms with E-state index in [1.165, 1.54) is 12.1 Å². The van der Waals surface area contributed by atoms with Crippen LogP contribution in [0, 0.1) is 17.0 Å². The molecule has 0 spiro atoms. The van der Waals surface area contributed by atoms with Gasteiger partial charge in [-0.1, -0.05) is 36.4 Å². The second-order valence-electron chi connectivity index (χ2n) is 10.0. The summed E-state index contributed by atoms with van der Waals surface area (Å²) in [6.45, 7) is 6.13. The monoisotopic (exact) mass is 648 g/mol. The van der Waals surface area contributed by atoms with E-state index in [1.54, 1.807) is 36.6 Å². The van der Waals surface area contributed by atoms with Gasteiger partial charge in [-0.15, -0.1) is 6.58 Å². The van der Waals surface area contributed by atoms with Crippen molar-refractivity contribution in [2.24, 2.45) is 5.10 Å². The molecule has 9 heteroatoms. The van der Waals surface area contributed by atoms with Gasteiger partial charge in [0.15, 0.2) is 0 Å². The summed E-state index contributed by atoms with van der Waals surface area (Å²) in [6, 6.07) is 31.7. The minimum atomic E-state index is -0.435. The Hall–Kier alpha value is -5.28. The highest BCUT2D eigenvalue weighted by molar-refractivity contribution is 9.10. The van der Waals surface area contributed by atoms with Crippen molar-refractivity contribution in [2.75, 3.05) is 0 Å². The van der Waals surface area contributed by atoms with Crippen molar-refractivity contribution in [1.82, 2.24) is 9.99 Å².